The van der Waals surface area contributed by atoms with E-state index in [4.69, 9.17) is 11.6 Å². The minimum atomic E-state index is -1.26. The van der Waals surface area contributed by atoms with Crippen LogP contribution >= 0.6 is 11.6 Å². The molecule has 0 aromatic rings. The summed E-state index contributed by atoms with van der Waals surface area (Å²) in [6.45, 7) is 2.44. The zero-order valence-corrected chi connectivity index (χ0v) is 7.21. The number of esters is 1. The lowest BCUT2D eigenvalue weighted by Crippen LogP contribution is -2.15. The zero-order valence-electron chi connectivity index (χ0n) is 6.46. The molecule has 6 heteroatoms. The molecule has 0 radical (unpaired) electrons. The lowest BCUT2D eigenvalue weighted by Gasteiger charge is -1.96. The Labute approximate surface area is 73.4 Å². The van der Waals surface area contributed by atoms with Crippen molar-refractivity contribution in [2.45, 2.75) is 13.8 Å². The number of nitrogens with zero attached hydrogens (tertiary/aromatic N) is 1. The van der Waals surface area contributed by atoms with Gasteiger partial charge in [-0.05, 0) is 11.6 Å². The molecular formula is C6H6ClNO4. The Morgan fingerprint density at radius 1 is 1.25 bits per heavy atom. The van der Waals surface area contributed by atoms with E-state index in [1.807, 2.05) is 0 Å². The Morgan fingerprint density at radius 2 is 1.75 bits per heavy atom. The molecule has 0 rings (SSSR count). The van der Waals surface area contributed by atoms with Crippen LogP contribution in [0.25, 0.3) is 0 Å². The van der Waals surface area contributed by atoms with Crippen molar-refractivity contribution in [3.63, 3.8) is 0 Å². The van der Waals surface area contributed by atoms with E-state index in [0.717, 1.165) is 0 Å². The molecule has 0 heterocycles. The number of halogens is 1. The van der Waals surface area contributed by atoms with Gasteiger partial charge in [0.15, 0.2) is 5.90 Å². The molecule has 0 unspecified atom stereocenters. The number of hydrogen-bond acceptors (Lipinski definition) is 4. The van der Waals surface area contributed by atoms with Crippen molar-refractivity contribution < 1.29 is 19.1 Å². The minimum Gasteiger partial charge on any atom is -0.405 e. The highest BCUT2D eigenvalue weighted by Crippen LogP contribution is 1.89. The summed E-state index contributed by atoms with van der Waals surface area (Å²) in [6.07, 6.45) is 0. The lowest BCUT2D eigenvalue weighted by atomic mass is 10.6. The fourth-order valence-electron chi connectivity index (χ4n) is 0.419. The zero-order chi connectivity index (χ0) is 9.72. The molecule has 0 atom stereocenters. The molecule has 0 aliphatic heterocycles. The molecule has 0 aliphatic carbocycles. The highest BCUT2D eigenvalue weighted by Gasteiger charge is 2.13. The van der Waals surface area contributed by atoms with Gasteiger partial charge in [0.2, 0.25) is 5.91 Å². The molecule has 0 N–H and O–H groups in total. The van der Waals surface area contributed by atoms with Crippen molar-refractivity contribution in [2.24, 2.45) is 4.99 Å². The topological polar surface area (TPSA) is 72.8 Å². The first-order valence-electron chi connectivity index (χ1n) is 2.91. The Bertz CT molecular complexity index is 258. The number of rotatable bonds is 1. The van der Waals surface area contributed by atoms with Crippen LogP contribution in [0.2, 0.25) is 0 Å². The van der Waals surface area contributed by atoms with Gasteiger partial charge in [-0.3, -0.25) is 9.59 Å². The van der Waals surface area contributed by atoms with Gasteiger partial charge in [0.25, 0.3) is 0 Å². The third-order valence-corrected chi connectivity index (χ3v) is 0.870. The average Bonchev–Trinajstić information content (AvgIpc) is 1.84. The largest absolute Gasteiger partial charge is 0.405 e. The summed E-state index contributed by atoms with van der Waals surface area (Å²) in [5, 5.41) is -1.26. The average molecular weight is 192 g/mol. The number of aliphatic imine (C=N–C) groups is 1. The van der Waals surface area contributed by atoms with Crippen LogP contribution in [0.1, 0.15) is 13.8 Å². The van der Waals surface area contributed by atoms with Crippen molar-refractivity contribution >= 4 is 34.6 Å². The third-order valence-electron chi connectivity index (χ3n) is 0.716. The van der Waals surface area contributed by atoms with Crippen molar-refractivity contribution in [1.82, 2.24) is 0 Å². The molecular weight excluding hydrogens is 186 g/mol. The molecule has 0 aromatic heterocycles. The summed E-state index contributed by atoms with van der Waals surface area (Å²) >= 11 is 4.76. The van der Waals surface area contributed by atoms with Crippen LogP contribution in [0.15, 0.2) is 4.99 Å². The molecule has 5 nitrogen and oxygen atoms in total. The molecule has 0 spiro atoms. The van der Waals surface area contributed by atoms with Gasteiger partial charge in [-0.25, -0.2) is 4.79 Å². The predicted molar refractivity (Wildman–Crippen MR) is 40.7 cm³/mol. The quantitative estimate of drug-likeness (QED) is 0.196. The van der Waals surface area contributed by atoms with Gasteiger partial charge in [0, 0.05) is 13.8 Å². The minimum absolute atomic E-state index is 0.207. The molecule has 0 aromatic carbocycles. The van der Waals surface area contributed by atoms with E-state index in [1.165, 1.54) is 13.8 Å². The van der Waals surface area contributed by atoms with E-state index >= 15 is 0 Å². The second-order valence-electron chi connectivity index (χ2n) is 1.81. The first kappa shape index (κ1) is 10.8. The maximum atomic E-state index is 10.4. The lowest BCUT2D eigenvalue weighted by molar-refractivity contribution is -0.144. The van der Waals surface area contributed by atoms with Gasteiger partial charge < -0.3 is 4.74 Å². The summed E-state index contributed by atoms with van der Waals surface area (Å²) in [4.78, 5) is 34.1. The van der Waals surface area contributed by atoms with E-state index in [1.54, 1.807) is 0 Å². The molecule has 12 heavy (non-hydrogen) atoms. The molecule has 66 valence electrons. The monoisotopic (exact) mass is 191 g/mol. The summed E-state index contributed by atoms with van der Waals surface area (Å²) in [5.74, 6) is -1.98. The third kappa shape index (κ3) is 4.56. The van der Waals surface area contributed by atoms with Crippen LogP contribution in [0, 0.1) is 0 Å². The van der Waals surface area contributed by atoms with Gasteiger partial charge in [-0.15, -0.1) is 0 Å². The first-order valence-corrected chi connectivity index (χ1v) is 3.28. The fourth-order valence-corrected chi connectivity index (χ4v) is 0.457. The summed E-state index contributed by atoms with van der Waals surface area (Å²) < 4.78 is 4.23. The Balaban J connectivity index is 4.19. The van der Waals surface area contributed by atoms with Gasteiger partial charge in [-0.1, -0.05) is 0 Å². The van der Waals surface area contributed by atoms with Crippen LogP contribution in [-0.4, -0.2) is 23.0 Å². The first-order chi connectivity index (χ1) is 5.43. The Hall–Kier alpha value is -1.23. The van der Waals surface area contributed by atoms with Gasteiger partial charge in [0.05, 0.1) is 0 Å². The number of carbonyl (C=O) groups excluding carboxylic acids is 3. The molecule has 0 saturated carbocycles. The fraction of sp³-hybridized carbons (Fsp3) is 0.333. The van der Waals surface area contributed by atoms with Crippen LogP contribution in [0.3, 0.4) is 0 Å². The number of amides is 1. The standard InChI is InChI=1S/C6H6ClNO4/c1-3(9)8-4(2)12-6(11)5(7)10/h1-2H3. The molecule has 0 bridgehead atoms. The number of ether oxygens (including phenoxy) is 1. The van der Waals surface area contributed by atoms with Gasteiger partial charge >= 0.3 is 11.2 Å². The van der Waals surface area contributed by atoms with E-state index in [9.17, 15) is 14.4 Å². The van der Waals surface area contributed by atoms with E-state index in [0.29, 0.717) is 0 Å². The summed E-state index contributed by atoms with van der Waals surface area (Å²) in [6, 6.07) is 0. The smallest absolute Gasteiger partial charge is 0.397 e. The molecule has 0 fully saturated rings. The summed E-state index contributed by atoms with van der Waals surface area (Å²) in [5.41, 5.74) is 0. The van der Waals surface area contributed by atoms with Gasteiger partial charge in [-0.2, -0.15) is 4.99 Å². The SMILES string of the molecule is CC(=O)N=C(C)OC(=O)C(=O)Cl. The molecule has 0 saturated heterocycles. The van der Waals surface area contributed by atoms with Crippen molar-refractivity contribution in [1.29, 1.82) is 0 Å². The predicted octanol–water partition coefficient (Wildman–Crippen LogP) is 0.260. The normalized spacial score (nSPS) is 10.8. The maximum Gasteiger partial charge on any atom is 0.397 e. The number of hydrogen-bond donors (Lipinski definition) is 0. The Morgan fingerprint density at radius 3 is 2.08 bits per heavy atom. The van der Waals surface area contributed by atoms with Crippen LogP contribution < -0.4 is 0 Å². The van der Waals surface area contributed by atoms with Crippen molar-refractivity contribution in [2.75, 3.05) is 0 Å². The van der Waals surface area contributed by atoms with E-state index < -0.39 is 17.1 Å². The van der Waals surface area contributed by atoms with Crippen molar-refractivity contribution in [3.05, 3.63) is 0 Å². The summed E-state index contributed by atoms with van der Waals surface area (Å²) in [7, 11) is 0. The maximum absolute atomic E-state index is 10.4. The molecule has 1 amide bonds. The van der Waals surface area contributed by atoms with E-state index in [-0.39, 0.29) is 5.90 Å². The second-order valence-corrected chi connectivity index (χ2v) is 2.16. The molecule has 0 aliphatic rings. The highest BCUT2D eigenvalue weighted by atomic mass is 35.5. The van der Waals surface area contributed by atoms with Gasteiger partial charge in [0.1, 0.15) is 0 Å². The van der Waals surface area contributed by atoms with Crippen LogP contribution in [0.5, 0.6) is 0 Å². The van der Waals surface area contributed by atoms with Crippen LogP contribution in [-0.2, 0) is 19.1 Å². The van der Waals surface area contributed by atoms with Crippen molar-refractivity contribution in [3.8, 4) is 0 Å². The highest BCUT2D eigenvalue weighted by molar-refractivity contribution is 6.80. The number of carbonyl (C=O) groups is 3. The van der Waals surface area contributed by atoms with Crippen LogP contribution in [0.4, 0.5) is 0 Å². The second kappa shape index (κ2) is 4.61. The Kier molecular flexibility index (Phi) is 4.14. The van der Waals surface area contributed by atoms with E-state index in [2.05, 4.69) is 9.73 Å².